The van der Waals surface area contributed by atoms with E-state index in [1.54, 1.807) is 11.8 Å². The van der Waals surface area contributed by atoms with Crippen molar-refractivity contribution in [2.45, 2.75) is 86.6 Å². The van der Waals surface area contributed by atoms with Gasteiger partial charge in [0.1, 0.15) is 18.0 Å². The summed E-state index contributed by atoms with van der Waals surface area (Å²) in [5.74, 6) is 1.75. The highest BCUT2D eigenvalue weighted by Gasteiger charge is 2.24. The third kappa shape index (κ3) is 7.85. The zero-order valence-electron chi connectivity index (χ0n) is 22.4. The zero-order valence-corrected chi connectivity index (χ0v) is 22.4. The van der Waals surface area contributed by atoms with Crippen LogP contribution in [0, 0.1) is 17.8 Å². The molecule has 0 radical (unpaired) electrons. The van der Waals surface area contributed by atoms with Crippen LogP contribution in [0.1, 0.15) is 90.6 Å². The number of nitrogens with zero attached hydrogens (tertiary/aromatic N) is 3. The van der Waals surface area contributed by atoms with Crippen LogP contribution in [0.3, 0.4) is 0 Å². The van der Waals surface area contributed by atoms with Crippen molar-refractivity contribution < 1.29 is 14.3 Å². The number of ether oxygens (including phenoxy) is 1. The molecule has 0 spiro atoms. The summed E-state index contributed by atoms with van der Waals surface area (Å²) in [5, 5.41) is 5.48. The molecule has 0 fully saturated rings. The van der Waals surface area contributed by atoms with Crippen LogP contribution in [0.15, 0.2) is 18.2 Å². The van der Waals surface area contributed by atoms with Crippen molar-refractivity contribution in [2.24, 2.45) is 17.8 Å². The first-order valence-corrected chi connectivity index (χ1v) is 13.0. The second-order valence-corrected chi connectivity index (χ2v) is 10.4. The van der Waals surface area contributed by atoms with Crippen molar-refractivity contribution in [3.8, 4) is 5.75 Å². The maximum absolute atomic E-state index is 13.4. The number of hydrogen-bond acceptors (Lipinski definition) is 4. The number of ketones is 1. The highest BCUT2D eigenvalue weighted by atomic mass is 16.5. The fraction of sp³-hybridized carbons (Fsp3) is 0.679. The second kappa shape index (κ2) is 13.5. The van der Waals surface area contributed by atoms with Gasteiger partial charge >= 0.3 is 0 Å². The van der Waals surface area contributed by atoms with Crippen LogP contribution in [0.5, 0.6) is 5.75 Å². The van der Waals surface area contributed by atoms with E-state index in [-0.39, 0.29) is 24.2 Å². The van der Waals surface area contributed by atoms with E-state index in [1.807, 2.05) is 30.0 Å². The molecule has 0 aliphatic heterocycles. The third-order valence-corrected chi connectivity index (χ3v) is 6.47. The Morgan fingerprint density at radius 2 is 1.65 bits per heavy atom. The van der Waals surface area contributed by atoms with Gasteiger partial charge in [-0.25, -0.2) is 0 Å². The normalized spacial score (nSPS) is 12.5. The molecule has 34 heavy (non-hydrogen) atoms. The predicted octanol–water partition coefficient (Wildman–Crippen LogP) is 6.36. The van der Waals surface area contributed by atoms with E-state index in [2.05, 4.69) is 34.6 Å². The third-order valence-electron chi connectivity index (χ3n) is 6.47. The van der Waals surface area contributed by atoms with Gasteiger partial charge in [-0.3, -0.25) is 14.3 Å². The first kappa shape index (κ1) is 27.9. The molecule has 2 aromatic rings. The van der Waals surface area contributed by atoms with Crippen LogP contribution in [0.4, 0.5) is 0 Å². The molecule has 1 aromatic carbocycles. The first-order valence-electron chi connectivity index (χ1n) is 13.0. The second-order valence-electron chi connectivity index (χ2n) is 10.4. The van der Waals surface area contributed by atoms with Gasteiger partial charge in [0, 0.05) is 30.5 Å². The van der Waals surface area contributed by atoms with Crippen LogP contribution in [-0.4, -0.2) is 46.6 Å². The van der Waals surface area contributed by atoms with Crippen LogP contribution < -0.4 is 4.74 Å². The topological polar surface area (TPSA) is 64.4 Å². The number of unbranched alkanes of at least 4 members (excludes halogenated alkanes) is 2. The Hall–Kier alpha value is -2.37. The Bertz CT molecular complexity index is 920. The van der Waals surface area contributed by atoms with E-state index < -0.39 is 0 Å². The zero-order chi connectivity index (χ0) is 25.3. The molecule has 1 heterocycles. The Balaban J connectivity index is 2.34. The van der Waals surface area contributed by atoms with Gasteiger partial charge in [0.05, 0.1) is 12.6 Å². The quantitative estimate of drug-likeness (QED) is 0.224. The Morgan fingerprint density at radius 1 is 1.00 bits per heavy atom. The lowest BCUT2D eigenvalue weighted by atomic mass is 9.95. The molecule has 0 aliphatic carbocycles. The average Bonchev–Trinajstić information content (AvgIpc) is 3.15. The lowest BCUT2D eigenvalue weighted by Crippen LogP contribution is -2.36. The standard InChI is InChI=1S/C28H45N3O3/c1-8-9-10-11-22(6)28(33)27-24-13-12-23(34-7)18-25(24)31(29-27)19-26(32)30(16-14-20(2)3)17-15-21(4)5/h12-13,18,20-22H,8-11,14-17,19H2,1-7H3. The van der Waals surface area contributed by atoms with Crippen LogP contribution in [-0.2, 0) is 11.3 Å². The van der Waals surface area contributed by atoms with E-state index >= 15 is 0 Å². The number of aromatic nitrogens is 2. The van der Waals surface area contributed by atoms with Gasteiger partial charge in [-0.05, 0) is 43.2 Å². The van der Waals surface area contributed by atoms with Gasteiger partial charge in [0.15, 0.2) is 5.78 Å². The summed E-state index contributed by atoms with van der Waals surface area (Å²) >= 11 is 0. The molecule has 6 nitrogen and oxygen atoms in total. The number of methoxy groups -OCH3 is 1. The minimum atomic E-state index is -0.0931. The van der Waals surface area contributed by atoms with Gasteiger partial charge < -0.3 is 9.64 Å². The summed E-state index contributed by atoms with van der Waals surface area (Å²) in [7, 11) is 1.62. The number of rotatable bonds is 15. The van der Waals surface area contributed by atoms with Crippen molar-refractivity contribution >= 4 is 22.6 Å². The van der Waals surface area contributed by atoms with Crippen molar-refractivity contribution in [3.63, 3.8) is 0 Å². The number of benzene rings is 1. The molecule has 1 amide bonds. The largest absolute Gasteiger partial charge is 0.497 e. The fourth-order valence-corrected chi connectivity index (χ4v) is 4.07. The highest BCUT2D eigenvalue weighted by molar-refractivity contribution is 6.07. The van der Waals surface area contributed by atoms with Crippen molar-refractivity contribution in [3.05, 3.63) is 23.9 Å². The molecule has 190 valence electrons. The maximum atomic E-state index is 13.4. The van der Waals surface area contributed by atoms with Gasteiger partial charge in [-0.2, -0.15) is 5.10 Å². The molecular weight excluding hydrogens is 426 g/mol. The summed E-state index contributed by atoms with van der Waals surface area (Å²) in [6.07, 6.45) is 6.09. The summed E-state index contributed by atoms with van der Waals surface area (Å²) in [4.78, 5) is 28.6. The SMILES string of the molecule is CCCCCC(C)C(=O)c1nn(CC(=O)N(CCC(C)C)CCC(C)C)c2cc(OC)ccc12. The molecular formula is C28H45N3O3. The minimum Gasteiger partial charge on any atom is -0.497 e. The lowest BCUT2D eigenvalue weighted by molar-refractivity contribution is -0.132. The van der Waals surface area contributed by atoms with E-state index in [4.69, 9.17) is 9.84 Å². The number of fused-ring (bicyclic) bond motifs is 1. The Kier molecular flexibility index (Phi) is 11.1. The van der Waals surface area contributed by atoms with E-state index in [0.29, 0.717) is 23.3 Å². The first-order chi connectivity index (χ1) is 16.2. The number of carbonyl (C=O) groups excluding carboxylic acids is 2. The smallest absolute Gasteiger partial charge is 0.244 e. The van der Waals surface area contributed by atoms with E-state index in [0.717, 1.165) is 62.5 Å². The van der Waals surface area contributed by atoms with Crippen LogP contribution >= 0.6 is 0 Å². The number of hydrogen-bond donors (Lipinski definition) is 0. The van der Waals surface area contributed by atoms with Crippen molar-refractivity contribution in [2.75, 3.05) is 20.2 Å². The summed E-state index contributed by atoms with van der Waals surface area (Å²) in [5.41, 5.74) is 1.23. The lowest BCUT2D eigenvalue weighted by Gasteiger charge is -2.24. The van der Waals surface area contributed by atoms with Gasteiger partial charge in [-0.1, -0.05) is 60.8 Å². The summed E-state index contributed by atoms with van der Waals surface area (Å²) in [6, 6.07) is 5.62. The molecule has 1 unspecified atom stereocenters. The molecule has 0 N–H and O–H groups in total. The van der Waals surface area contributed by atoms with E-state index in [1.165, 1.54) is 0 Å². The van der Waals surface area contributed by atoms with Crippen molar-refractivity contribution in [1.29, 1.82) is 0 Å². The average molecular weight is 472 g/mol. The van der Waals surface area contributed by atoms with Gasteiger partial charge in [0.2, 0.25) is 5.91 Å². The number of amides is 1. The molecule has 1 aromatic heterocycles. The minimum absolute atomic E-state index is 0.0449. The fourth-order valence-electron chi connectivity index (χ4n) is 4.07. The van der Waals surface area contributed by atoms with Gasteiger partial charge in [0.25, 0.3) is 0 Å². The van der Waals surface area contributed by atoms with Crippen LogP contribution in [0.2, 0.25) is 0 Å². The molecule has 0 saturated carbocycles. The number of Topliss-reactive ketones (excluding diaryl/α,β-unsaturated/α-hetero) is 1. The van der Waals surface area contributed by atoms with Gasteiger partial charge in [-0.15, -0.1) is 0 Å². The van der Waals surface area contributed by atoms with Crippen LogP contribution in [0.25, 0.3) is 10.9 Å². The molecule has 0 aliphatic rings. The molecule has 0 bridgehead atoms. The Morgan fingerprint density at radius 3 is 2.21 bits per heavy atom. The maximum Gasteiger partial charge on any atom is 0.244 e. The molecule has 0 saturated heterocycles. The summed E-state index contributed by atoms with van der Waals surface area (Å²) in [6.45, 7) is 14.5. The molecule has 6 heteroatoms. The summed E-state index contributed by atoms with van der Waals surface area (Å²) < 4.78 is 7.12. The predicted molar refractivity (Wildman–Crippen MR) is 139 cm³/mol. The molecule has 1 atom stereocenters. The number of carbonyl (C=O) groups is 2. The Labute approximate surface area is 206 Å². The van der Waals surface area contributed by atoms with E-state index in [9.17, 15) is 9.59 Å². The monoisotopic (exact) mass is 471 g/mol. The highest BCUT2D eigenvalue weighted by Crippen LogP contribution is 2.27. The molecule has 2 rings (SSSR count). The van der Waals surface area contributed by atoms with Crippen molar-refractivity contribution in [1.82, 2.24) is 14.7 Å².